The van der Waals surface area contributed by atoms with Crippen molar-refractivity contribution >= 4 is 38.1 Å². The molecule has 2 aromatic heterocycles. The Hall–Kier alpha value is -4.24. The Kier molecular flexibility index (Phi) is 5.46. The van der Waals surface area contributed by atoms with Crippen molar-refractivity contribution in [1.82, 2.24) is 14.5 Å². The molecule has 170 valence electrons. The van der Waals surface area contributed by atoms with E-state index in [1.807, 2.05) is 25.4 Å². The van der Waals surface area contributed by atoms with Gasteiger partial charge in [0.25, 0.3) is 10.0 Å². The summed E-state index contributed by atoms with van der Waals surface area (Å²) in [6, 6.07) is 21.9. The first-order valence-corrected chi connectivity index (χ1v) is 11.9. The Morgan fingerprint density at radius 2 is 1.65 bits per heavy atom. The molecular weight excluding hydrogens is 453 g/mol. The standard InChI is InChI=1S/C25H20FN5O2S/c1-31-13-12-18-14-17(6-11-23(18)31)22-15-25(28-16-27-22)29-19-7-9-20(10-8-19)30-34(32,33)24-5-3-2-4-21(24)26/h2-16,30H,1H3,(H,27,28,29). The van der Waals surface area contributed by atoms with Crippen LogP contribution in [0.25, 0.3) is 22.2 Å². The molecular formula is C25H20FN5O2S. The van der Waals surface area contributed by atoms with Crippen molar-refractivity contribution in [2.24, 2.45) is 7.05 Å². The topological polar surface area (TPSA) is 88.9 Å². The quantitative estimate of drug-likeness (QED) is 0.349. The van der Waals surface area contributed by atoms with Crippen molar-refractivity contribution in [3.05, 3.63) is 97.2 Å². The first-order chi connectivity index (χ1) is 16.4. The van der Waals surface area contributed by atoms with Crippen molar-refractivity contribution in [2.45, 2.75) is 4.90 Å². The molecule has 0 aliphatic rings. The molecule has 5 aromatic rings. The number of fused-ring (bicyclic) bond motifs is 1. The van der Waals surface area contributed by atoms with Crippen molar-refractivity contribution in [3.63, 3.8) is 0 Å². The van der Waals surface area contributed by atoms with Crippen molar-refractivity contribution < 1.29 is 12.8 Å². The third-order valence-corrected chi connectivity index (χ3v) is 6.80. The second-order valence-corrected chi connectivity index (χ2v) is 9.38. The van der Waals surface area contributed by atoms with Crippen LogP contribution in [0.1, 0.15) is 0 Å². The number of hydrogen-bond donors (Lipinski definition) is 2. The van der Waals surface area contributed by atoms with Crippen LogP contribution in [0.5, 0.6) is 0 Å². The van der Waals surface area contributed by atoms with Gasteiger partial charge in [-0.05, 0) is 54.6 Å². The summed E-state index contributed by atoms with van der Waals surface area (Å²) >= 11 is 0. The Bertz CT molecular complexity index is 1600. The van der Waals surface area contributed by atoms with E-state index in [2.05, 4.69) is 42.8 Å². The summed E-state index contributed by atoms with van der Waals surface area (Å²) in [7, 11) is -2.03. The molecule has 0 radical (unpaired) electrons. The molecule has 0 saturated carbocycles. The maximum Gasteiger partial charge on any atom is 0.264 e. The maximum atomic E-state index is 13.9. The van der Waals surface area contributed by atoms with Crippen molar-refractivity contribution in [3.8, 4) is 11.3 Å². The lowest BCUT2D eigenvalue weighted by Crippen LogP contribution is -2.14. The minimum atomic E-state index is -4.03. The summed E-state index contributed by atoms with van der Waals surface area (Å²) < 4.78 is 43.3. The van der Waals surface area contributed by atoms with E-state index in [-0.39, 0.29) is 0 Å². The zero-order chi connectivity index (χ0) is 23.7. The Balaban J connectivity index is 1.33. The van der Waals surface area contributed by atoms with E-state index in [1.165, 1.54) is 24.5 Å². The van der Waals surface area contributed by atoms with Crippen LogP contribution in [0, 0.1) is 5.82 Å². The third-order valence-electron chi connectivity index (χ3n) is 5.38. The molecule has 5 rings (SSSR count). The molecule has 0 unspecified atom stereocenters. The molecule has 7 nitrogen and oxygen atoms in total. The Labute approximate surface area is 196 Å². The summed E-state index contributed by atoms with van der Waals surface area (Å²) in [5.41, 5.74) is 3.91. The fourth-order valence-corrected chi connectivity index (χ4v) is 4.81. The lowest BCUT2D eigenvalue weighted by molar-refractivity contribution is 0.570. The largest absolute Gasteiger partial charge is 0.351 e. The first kappa shape index (κ1) is 21.6. The number of aromatic nitrogens is 3. The second kappa shape index (κ2) is 8.60. The molecule has 0 amide bonds. The van der Waals surface area contributed by atoms with Gasteiger partial charge in [-0.3, -0.25) is 4.72 Å². The van der Waals surface area contributed by atoms with Gasteiger partial charge in [0.15, 0.2) is 0 Å². The first-order valence-electron chi connectivity index (χ1n) is 10.4. The average molecular weight is 474 g/mol. The zero-order valence-electron chi connectivity index (χ0n) is 18.1. The number of halogens is 1. The number of benzene rings is 3. The van der Waals surface area contributed by atoms with E-state index in [1.54, 1.807) is 24.3 Å². The average Bonchev–Trinajstić information content (AvgIpc) is 3.20. The van der Waals surface area contributed by atoms with E-state index in [0.717, 1.165) is 28.2 Å². The fourth-order valence-electron chi connectivity index (χ4n) is 3.67. The normalized spacial score (nSPS) is 11.5. The minimum absolute atomic E-state index is 0.313. The van der Waals surface area contributed by atoms with E-state index >= 15 is 0 Å². The summed E-state index contributed by atoms with van der Waals surface area (Å²) in [6.45, 7) is 0. The molecule has 0 fully saturated rings. The van der Waals surface area contributed by atoms with Gasteiger partial charge in [-0.2, -0.15) is 0 Å². The van der Waals surface area contributed by atoms with Crippen LogP contribution < -0.4 is 10.0 Å². The van der Waals surface area contributed by atoms with Crippen LogP contribution in [-0.2, 0) is 17.1 Å². The maximum absolute atomic E-state index is 13.9. The molecule has 0 spiro atoms. The van der Waals surface area contributed by atoms with E-state index in [9.17, 15) is 12.8 Å². The molecule has 0 saturated heterocycles. The molecule has 0 aliphatic heterocycles. The smallest absolute Gasteiger partial charge is 0.264 e. The van der Waals surface area contributed by atoms with Gasteiger partial charge < -0.3 is 9.88 Å². The van der Waals surface area contributed by atoms with Gasteiger partial charge in [0, 0.05) is 47.2 Å². The van der Waals surface area contributed by atoms with Crippen LogP contribution in [0.2, 0.25) is 0 Å². The molecule has 9 heteroatoms. The molecule has 0 bridgehead atoms. The highest BCUT2D eigenvalue weighted by molar-refractivity contribution is 7.92. The summed E-state index contributed by atoms with van der Waals surface area (Å²) in [5.74, 6) is -0.211. The number of aryl methyl sites for hydroxylation is 1. The molecule has 2 N–H and O–H groups in total. The van der Waals surface area contributed by atoms with Crippen LogP contribution in [0.3, 0.4) is 0 Å². The molecule has 3 aromatic carbocycles. The Morgan fingerprint density at radius 3 is 2.44 bits per heavy atom. The highest BCUT2D eigenvalue weighted by Crippen LogP contribution is 2.26. The summed E-state index contributed by atoms with van der Waals surface area (Å²) in [6.07, 6.45) is 3.51. The van der Waals surface area contributed by atoms with Gasteiger partial charge in [-0.25, -0.2) is 22.8 Å². The SMILES string of the molecule is Cn1ccc2cc(-c3cc(Nc4ccc(NS(=O)(=O)c5ccccc5F)cc4)ncn3)ccc21. The summed E-state index contributed by atoms with van der Waals surface area (Å²) in [4.78, 5) is 8.26. The van der Waals surface area contributed by atoms with Crippen LogP contribution >= 0.6 is 0 Å². The lowest BCUT2D eigenvalue weighted by Gasteiger charge is -2.11. The van der Waals surface area contributed by atoms with E-state index in [4.69, 9.17) is 0 Å². The predicted molar refractivity (Wildman–Crippen MR) is 131 cm³/mol. The predicted octanol–water partition coefficient (Wildman–Crippen LogP) is 5.32. The minimum Gasteiger partial charge on any atom is -0.351 e. The lowest BCUT2D eigenvalue weighted by atomic mass is 10.1. The van der Waals surface area contributed by atoms with Crippen LogP contribution in [-0.4, -0.2) is 23.0 Å². The highest BCUT2D eigenvalue weighted by atomic mass is 32.2. The molecule has 34 heavy (non-hydrogen) atoms. The van der Waals surface area contributed by atoms with Gasteiger partial charge in [-0.15, -0.1) is 0 Å². The van der Waals surface area contributed by atoms with E-state index in [0.29, 0.717) is 17.2 Å². The number of hydrogen-bond acceptors (Lipinski definition) is 5. The van der Waals surface area contributed by atoms with Gasteiger partial charge in [0.05, 0.1) is 5.69 Å². The number of nitrogens with one attached hydrogen (secondary N) is 2. The Morgan fingerprint density at radius 1 is 0.882 bits per heavy atom. The number of rotatable bonds is 6. The van der Waals surface area contributed by atoms with Crippen LogP contribution in [0.4, 0.5) is 21.6 Å². The summed E-state index contributed by atoms with van der Waals surface area (Å²) in [5, 5.41) is 4.32. The van der Waals surface area contributed by atoms with E-state index < -0.39 is 20.7 Å². The monoisotopic (exact) mass is 473 g/mol. The molecule has 2 heterocycles. The molecule has 0 atom stereocenters. The fraction of sp³-hybridized carbons (Fsp3) is 0.0400. The second-order valence-electron chi connectivity index (χ2n) is 7.73. The van der Waals surface area contributed by atoms with Gasteiger partial charge in [-0.1, -0.05) is 18.2 Å². The highest BCUT2D eigenvalue weighted by Gasteiger charge is 2.18. The number of nitrogens with zero attached hydrogens (tertiary/aromatic N) is 3. The van der Waals surface area contributed by atoms with Gasteiger partial charge in [0.1, 0.15) is 22.9 Å². The van der Waals surface area contributed by atoms with Crippen molar-refractivity contribution in [2.75, 3.05) is 10.0 Å². The van der Waals surface area contributed by atoms with Crippen molar-refractivity contribution in [1.29, 1.82) is 0 Å². The van der Waals surface area contributed by atoms with Crippen LogP contribution in [0.15, 0.2) is 96.3 Å². The molecule has 0 aliphatic carbocycles. The van der Waals surface area contributed by atoms with Gasteiger partial charge in [0.2, 0.25) is 0 Å². The number of anilines is 3. The zero-order valence-corrected chi connectivity index (χ0v) is 18.9. The third kappa shape index (κ3) is 4.33. The van der Waals surface area contributed by atoms with Gasteiger partial charge >= 0.3 is 0 Å². The number of sulfonamides is 1.